The van der Waals surface area contributed by atoms with Gasteiger partial charge in [-0.2, -0.15) is 0 Å². The minimum atomic E-state index is -0.0985. The summed E-state index contributed by atoms with van der Waals surface area (Å²) in [4.78, 5) is 12.8. The van der Waals surface area contributed by atoms with Crippen molar-refractivity contribution < 1.29 is 4.74 Å². The molecule has 0 saturated carbocycles. The van der Waals surface area contributed by atoms with Crippen LogP contribution in [0.15, 0.2) is 35.3 Å². The van der Waals surface area contributed by atoms with Crippen LogP contribution < -0.4 is 10.1 Å². The summed E-state index contributed by atoms with van der Waals surface area (Å²) in [7, 11) is 1.59. The summed E-state index contributed by atoms with van der Waals surface area (Å²) in [5, 5.41) is 3.37. The molecule has 1 unspecified atom stereocenters. The van der Waals surface area contributed by atoms with E-state index in [1.54, 1.807) is 25.7 Å². The topological polar surface area (TPSA) is 59.9 Å². The smallest absolute Gasteiger partial charge is 0.237 e. The maximum absolute atomic E-state index is 5.28. The standard InChI is InChI=1S/C13H15BrN4O/c1-3-16-11(9-6-10(14)8-15-7-9)12-13(19-2)18-5-4-17-12/h4-8,11,16H,3H2,1-2H3. The molecule has 2 aromatic heterocycles. The zero-order valence-electron chi connectivity index (χ0n) is 10.8. The van der Waals surface area contributed by atoms with Gasteiger partial charge in [0, 0.05) is 29.3 Å². The van der Waals surface area contributed by atoms with E-state index < -0.39 is 0 Å². The number of methoxy groups -OCH3 is 1. The molecule has 19 heavy (non-hydrogen) atoms. The monoisotopic (exact) mass is 322 g/mol. The lowest BCUT2D eigenvalue weighted by molar-refractivity contribution is 0.383. The lowest BCUT2D eigenvalue weighted by Crippen LogP contribution is -2.24. The Morgan fingerprint density at radius 1 is 1.32 bits per heavy atom. The van der Waals surface area contributed by atoms with Crippen LogP contribution in [0.5, 0.6) is 5.88 Å². The van der Waals surface area contributed by atoms with Crippen LogP contribution in [0.25, 0.3) is 0 Å². The molecule has 0 spiro atoms. The number of halogens is 1. The molecule has 1 atom stereocenters. The van der Waals surface area contributed by atoms with Crippen LogP contribution in [0.3, 0.4) is 0 Å². The van der Waals surface area contributed by atoms with Crippen LogP contribution in [0.4, 0.5) is 0 Å². The van der Waals surface area contributed by atoms with Crippen molar-refractivity contribution in [2.75, 3.05) is 13.7 Å². The van der Waals surface area contributed by atoms with Crippen molar-refractivity contribution in [2.45, 2.75) is 13.0 Å². The zero-order chi connectivity index (χ0) is 13.7. The van der Waals surface area contributed by atoms with E-state index in [1.807, 2.05) is 19.2 Å². The first-order valence-corrected chi connectivity index (χ1v) is 6.74. The quantitative estimate of drug-likeness (QED) is 0.915. The van der Waals surface area contributed by atoms with E-state index in [0.717, 1.165) is 22.3 Å². The molecule has 2 rings (SSSR count). The number of nitrogens with one attached hydrogen (secondary N) is 1. The van der Waals surface area contributed by atoms with Gasteiger partial charge in [-0.25, -0.2) is 4.98 Å². The van der Waals surface area contributed by atoms with Gasteiger partial charge in [-0.15, -0.1) is 0 Å². The maximum atomic E-state index is 5.28. The van der Waals surface area contributed by atoms with Crippen LogP contribution >= 0.6 is 15.9 Å². The molecular formula is C13H15BrN4O. The summed E-state index contributed by atoms with van der Waals surface area (Å²) >= 11 is 3.43. The first-order valence-electron chi connectivity index (χ1n) is 5.95. The highest BCUT2D eigenvalue weighted by molar-refractivity contribution is 9.10. The molecule has 0 aromatic carbocycles. The third-order valence-corrected chi connectivity index (χ3v) is 3.06. The molecule has 0 radical (unpaired) electrons. The molecule has 2 aromatic rings. The van der Waals surface area contributed by atoms with Crippen LogP contribution in [-0.2, 0) is 0 Å². The van der Waals surface area contributed by atoms with Crippen molar-refractivity contribution >= 4 is 15.9 Å². The highest BCUT2D eigenvalue weighted by Gasteiger charge is 2.20. The van der Waals surface area contributed by atoms with Crippen molar-refractivity contribution in [2.24, 2.45) is 0 Å². The Balaban J connectivity index is 2.45. The highest BCUT2D eigenvalue weighted by Crippen LogP contribution is 2.27. The molecule has 0 aliphatic rings. The SMILES string of the molecule is CCNC(c1cncc(Br)c1)c1nccnc1OC. The highest BCUT2D eigenvalue weighted by atomic mass is 79.9. The summed E-state index contributed by atoms with van der Waals surface area (Å²) in [6.45, 7) is 2.85. The lowest BCUT2D eigenvalue weighted by atomic mass is 10.1. The number of rotatable bonds is 5. The number of hydrogen-bond donors (Lipinski definition) is 1. The van der Waals surface area contributed by atoms with Crippen molar-refractivity contribution in [3.05, 3.63) is 46.6 Å². The lowest BCUT2D eigenvalue weighted by Gasteiger charge is -2.19. The van der Waals surface area contributed by atoms with Crippen molar-refractivity contribution in [1.82, 2.24) is 20.3 Å². The van der Waals surface area contributed by atoms with E-state index in [9.17, 15) is 0 Å². The van der Waals surface area contributed by atoms with Gasteiger partial charge in [0.1, 0.15) is 5.69 Å². The number of ether oxygens (including phenoxy) is 1. The molecule has 0 saturated heterocycles. The van der Waals surface area contributed by atoms with E-state index in [4.69, 9.17) is 4.74 Å². The second kappa shape index (κ2) is 6.58. The Hall–Kier alpha value is -1.53. The minimum Gasteiger partial charge on any atom is -0.480 e. The molecular weight excluding hydrogens is 308 g/mol. The Bertz CT molecular complexity index is 550. The Morgan fingerprint density at radius 2 is 2.11 bits per heavy atom. The summed E-state index contributed by atoms with van der Waals surface area (Å²) in [6.07, 6.45) is 6.84. The Morgan fingerprint density at radius 3 is 2.79 bits per heavy atom. The fourth-order valence-electron chi connectivity index (χ4n) is 1.85. The van der Waals surface area contributed by atoms with Crippen molar-refractivity contribution in [3.63, 3.8) is 0 Å². The normalized spacial score (nSPS) is 12.2. The maximum Gasteiger partial charge on any atom is 0.237 e. The number of aromatic nitrogens is 3. The third-order valence-electron chi connectivity index (χ3n) is 2.63. The number of hydrogen-bond acceptors (Lipinski definition) is 5. The summed E-state index contributed by atoms with van der Waals surface area (Å²) < 4.78 is 6.21. The second-order valence-electron chi connectivity index (χ2n) is 3.88. The number of pyridine rings is 1. The van der Waals surface area contributed by atoms with E-state index in [0.29, 0.717) is 5.88 Å². The Labute approximate surface area is 120 Å². The van der Waals surface area contributed by atoms with Crippen LogP contribution in [0.2, 0.25) is 0 Å². The van der Waals surface area contributed by atoms with Gasteiger partial charge >= 0.3 is 0 Å². The fourth-order valence-corrected chi connectivity index (χ4v) is 2.24. The van der Waals surface area contributed by atoms with Gasteiger partial charge < -0.3 is 10.1 Å². The van der Waals surface area contributed by atoms with Gasteiger partial charge in [0.25, 0.3) is 0 Å². The van der Waals surface area contributed by atoms with Gasteiger partial charge in [-0.1, -0.05) is 6.92 Å². The molecule has 2 heterocycles. The van der Waals surface area contributed by atoms with Gasteiger partial charge in [0.15, 0.2) is 0 Å². The van der Waals surface area contributed by atoms with E-state index in [1.165, 1.54) is 0 Å². The molecule has 6 heteroatoms. The first kappa shape index (κ1) is 13.9. The molecule has 0 bridgehead atoms. The van der Waals surface area contributed by atoms with Crippen molar-refractivity contribution in [1.29, 1.82) is 0 Å². The average Bonchev–Trinajstić information content (AvgIpc) is 2.45. The van der Waals surface area contributed by atoms with E-state index in [-0.39, 0.29) is 6.04 Å². The van der Waals surface area contributed by atoms with Crippen molar-refractivity contribution in [3.8, 4) is 5.88 Å². The predicted molar refractivity (Wildman–Crippen MR) is 76.0 cm³/mol. The van der Waals surface area contributed by atoms with Crippen LogP contribution in [-0.4, -0.2) is 28.6 Å². The molecule has 0 fully saturated rings. The fraction of sp³-hybridized carbons (Fsp3) is 0.308. The molecule has 0 amide bonds. The summed E-state index contributed by atoms with van der Waals surface area (Å²) in [5.74, 6) is 0.522. The van der Waals surface area contributed by atoms with Crippen LogP contribution in [0, 0.1) is 0 Å². The van der Waals surface area contributed by atoms with Gasteiger partial charge in [-0.3, -0.25) is 9.97 Å². The summed E-state index contributed by atoms with van der Waals surface area (Å²) in [5.41, 5.74) is 1.77. The molecule has 1 N–H and O–H groups in total. The van der Waals surface area contributed by atoms with E-state index >= 15 is 0 Å². The number of nitrogens with zero attached hydrogens (tertiary/aromatic N) is 3. The summed E-state index contributed by atoms with van der Waals surface area (Å²) in [6, 6.07) is 1.91. The zero-order valence-corrected chi connectivity index (χ0v) is 12.4. The third kappa shape index (κ3) is 3.27. The molecule has 0 aliphatic carbocycles. The first-order chi connectivity index (χ1) is 9.26. The average molecular weight is 323 g/mol. The van der Waals surface area contributed by atoms with E-state index in [2.05, 4.69) is 36.2 Å². The van der Waals surface area contributed by atoms with Gasteiger partial charge in [-0.05, 0) is 34.1 Å². The minimum absolute atomic E-state index is 0.0985. The largest absolute Gasteiger partial charge is 0.480 e. The van der Waals surface area contributed by atoms with Crippen LogP contribution in [0.1, 0.15) is 24.2 Å². The molecule has 100 valence electrons. The Kier molecular flexibility index (Phi) is 4.81. The predicted octanol–water partition coefficient (Wildman–Crippen LogP) is 2.34. The molecule has 5 nitrogen and oxygen atoms in total. The molecule has 0 aliphatic heterocycles. The van der Waals surface area contributed by atoms with Gasteiger partial charge in [0.2, 0.25) is 5.88 Å². The second-order valence-corrected chi connectivity index (χ2v) is 4.79. The van der Waals surface area contributed by atoms with Gasteiger partial charge in [0.05, 0.1) is 13.2 Å².